The van der Waals surface area contributed by atoms with Crippen molar-refractivity contribution >= 4 is 17.7 Å². The minimum Gasteiger partial charge on any atom is -0.481 e. The summed E-state index contributed by atoms with van der Waals surface area (Å²) < 4.78 is 0. The van der Waals surface area contributed by atoms with Crippen molar-refractivity contribution in [2.24, 2.45) is 0 Å². The fraction of sp³-hybridized carbons (Fsp3) is 0.467. The van der Waals surface area contributed by atoms with E-state index in [2.05, 4.69) is 12.2 Å². The molecule has 2 N–H and O–H groups in total. The van der Waals surface area contributed by atoms with Crippen LogP contribution in [-0.2, 0) is 11.2 Å². The number of carbonyl (C=O) groups excluding carboxylic acids is 1. The molecule has 0 aliphatic rings. The molecule has 1 aromatic carbocycles. The number of carbonyl (C=O) groups is 2. The Kier molecular flexibility index (Phi) is 6.56. The number of nitrogens with zero attached hydrogens (tertiary/aromatic N) is 1. The number of carboxylic acid groups (broad SMARTS) is 1. The maximum atomic E-state index is 11.9. The highest BCUT2D eigenvalue weighted by Crippen LogP contribution is 2.13. The second-order valence-electron chi connectivity index (χ2n) is 4.80. The molecule has 0 atom stereocenters. The first-order chi connectivity index (χ1) is 9.52. The van der Waals surface area contributed by atoms with Gasteiger partial charge in [-0.25, -0.2) is 4.79 Å². The van der Waals surface area contributed by atoms with E-state index in [-0.39, 0.29) is 12.5 Å². The molecule has 110 valence electrons. The predicted octanol–water partition coefficient (Wildman–Crippen LogP) is 2.97. The Bertz CT molecular complexity index is 460. The third-order valence-corrected chi connectivity index (χ3v) is 3.00. The van der Waals surface area contributed by atoms with Gasteiger partial charge in [-0.3, -0.25) is 4.79 Å². The van der Waals surface area contributed by atoms with Gasteiger partial charge in [-0.05, 0) is 30.5 Å². The molecule has 0 bridgehead atoms. The fourth-order valence-corrected chi connectivity index (χ4v) is 1.77. The first-order valence-electron chi connectivity index (χ1n) is 6.85. The van der Waals surface area contributed by atoms with E-state index in [4.69, 9.17) is 5.11 Å². The quantitative estimate of drug-likeness (QED) is 0.805. The number of rotatable bonds is 7. The zero-order valence-electron chi connectivity index (χ0n) is 12.1. The summed E-state index contributed by atoms with van der Waals surface area (Å²) in [6.45, 7) is 2.80. The molecule has 0 radical (unpaired) electrons. The van der Waals surface area contributed by atoms with E-state index >= 15 is 0 Å². The molecule has 5 heteroatoms. The Morgan fingerprint density at radius 1 is 1.35 bits per heavy atom. The lowest BCUT2D eigenvalue weighted by atomic mass is 10.1. The molecule has 0 aliphatic carbocycles. The minimum absolute atomic E-state index is 0.0911. The molecule has 0 saturated heterocycles. The third kappa shape index (κ3) is 5.73. The van der Waals surface area contributed by atoms with Crippen LogP contribution >= 0.6 is 0 Å². The predicted molar refractivity (Wildman–Crippen MR) is 79.0 cm³/mol. The van der Waals surface area contributed by atoms with Gasteiger partial charge in [0.2, 0.25) is 0 Å². The van der Waals surface area contributed by atoms with E-state index in [1.165, 1.54) is 0 Å². The number of aryl methyl sites for hydroxylation is 1. The molecular formula is C15H22N2O3. The molecule has 1 aromatic rings. The maximum Gasteiger partial charge on any atom is 0.321 e. The monoisotopic (exact) mass is 278 g/mol. The first kappa shape index (κ1) is 16.0. The van der Waals surface area contributed by atoms with Gasteiger partial charge in [-0.1, -0.05) is 25.5 Å². The van der Waals surface area contributed by atoms with Crippen LogP contribution < -0.4 is 5.32 Å². The van der Waals surface area contributed by atoms with Crippen LogP contribution in [0.1, 0.15) is 31.7 Å². The second kappa shape index (κ2) is 8.19. The van der Waals surface area contributed by atoms with Gasteiger partial charge in [-0.2, -0.15) is 0 Å². The SMILES string of the molecule is CCCCN(C)C(=O)Nc1cccc(CCC(=O)O)c1. The van der Waals surface area contributed by atoms with Crippen LogP contribution in [-0.4, -0.2) is 35.6 Å². The summed E-state index contributed by atoms with van der Waals surface area (Å²) in [5.41, 5.74) is 1.60. The number of hydrogen-bond donors (Lipinski definition) is 2. The number of urea groups is 1. The van der Waals surface area contributed by atoms with Gasteiger partial charge in [0.05, 0.1) is 0 Å². The highest BCUT2D eigenvalue weighted by atomic mass is 16.4. The topological polar surface area (TPSA) is 69.6 Å². The lowest BCUT2D eigenvalue weighted by molar-refractivity contribution is -0.136. The zero-order chi connectivity index (χ0) is 15.0. The summed E-state index contributed by atoms with van der Waals surface area (Å²) in [7, 11) is 1.76. The average Bonchev–Trinajstić information content (AvgIpc) is 2.42. The number of anilines is 1. The summed E-state index contributed by atoms with van der Waals surface area (Å²) in [5, 5.41) is 11.5. The van der Waals surface area contributed by atoms with Crippen LogP contribution in [0, 0.1) is 0 Å². The van der Waals surface area contributed by atoms with Crippen LogP contribution in [0.3, 0.4) is 0 Å². The maximum absolute atomic E-state index is 11.9. The van der Waals surface area contributed by atoms with Crippen LogP contribution in [0.25, 0.3) is 0 Å². The van der Waals surface area contributed by atoms with Crippen LogP contribution in [0.4, 0.5) is 10.5 Å². The molecule has 2 amide bonds. The molecule has 0 heterocycles. The Hall–Kier alpha value is -2.04. The zero-order valence-corrected chi connectivity index (χ0v) is 12.1. The van der Waals surface area contributed by atoms with Crippen LogP contribution in [0.5, 0.6) is 0 Å². The minimum atomic E-state index is -0.821. The van der Waals surface area contributed by atoms with Gasteiger partial charge in [0.15, 0.2) is 0 Å². The molecule has 0 unspecified atom stereocenters. The Balaban J connectivity index is 2.56. The number of hydrogen-bond acceptors (Lipinski definition) is 2. The Morgan fingerprint density at radius 2 is 2.10 bits per heavy atom. The number of unbranched alkanes of at least 4 members (excludes halogenated alkanes) is 1. The van der Waals surface area contributed by atoms with Crippen molar-refractivity contribution in [3.63, 3.8) is 0 Å². The van der Waals surface area contributed by atoms with Crippen molar-refractivity contribution in [3.8, 4) is 0 Å². The molecule has 20 heavy (non-hydrogen) atoms. The van der Waals surface area contributed by atoms with E-state index in [0.29, 0.717) is 12.1 Å². The second-order valence-corrected chi connectivity index (χ2v) is 4.80. The van der Waals surface area contributed by atoms with Crippen molar-refractivity contribution in [2.75, 3.05) is 18.9 Å². The summed E-state index contributed by atoms with van der Waals surface area (Å²) in [6.07, 6.45) is 2.57. The highest BCUT2D eigenvalue weighted by Gasteiger charge is 2.08. The standard InChI is InChI=1S/C15H22N2O3/c1-3-4-10-17(2)15(20)16-13-7-5-6-12(11-13)8-9-14(18)19/h5-7,11H,3-4,8-10H2,1-2H3,(H,16,20)(H,18,19). The number of amides is 2. The Morgan fingerprint density at radius 3 is 2.75 bits per heavy atom. The third-order valence-electron chi connectivity index (χ3n) is 3.00. The van der Waals surface area contributed by atoms with Crippen molar-refractivity contribution in [3.05, 3.63) is 29.8 Å². The summed E-state index contributed by atoms with van der Waals surface area (Å²) in [5.74, 6) is -0.821. The summed E-state index contributed by atoms with van der Waals surface area (Å²) in [4.78, 5) is 24.1. The van der Waals surface area contributed by atoms with Gasteiger partial charge < -0.3 is 15.3 Å². The largest absolute Gasteiger partial charge is 0.481 e. The van der Waals surface area contributed by atoms with Gasteiger partial charge in [-0.15, -0.1) is 0 Å². The van der Waals surface area contributed by atoms with Crippen molar-refractivity contribution in [1.29, 1.82) is 0 Å². The fourth-order valence-electron chi connectivity index (χ4n) is 1.77. The molecule has 1 rings (SSSR count). The molecule has 0 aliphatic heterocycles. The van der Waals surface area contributed by atoms with Crippen molar-refractivity contribution in [1.82, 2.24) is 4.90 Å². The van der Waals surface area contributed by atoms with E-state index in [1.807, 2.05) is 18.2 Å². The van der Waals surface area contributed by atoms with Crippen molar-refractivity contribution < 1.29 is 14.7 Å². The van der Waals surface area contributed by atoms with Crippen LogP contribution in [0.2, 0.25) is 0 Å². The summed E-state index contributed by atoms with van der Waals surface area (Å²) >= 11 is 0. The number of benzene rings is 1. The molecular weight excluding hydrogens is 256 g/mol. The molecule has 0 saturated carbocycles. The summed E-state index contributed by atoms with van der Waals surface area (Å²) in [6, 6.07) is 7.15. The van der Waals surface area contributed by atoms with E-state index in [9.17, 15) is 9.59 Å². The van der Waals surface area contributed by atoms with Gasteiger partial charge in [0.1, 0.15) is 0 Å². The molecule has 0 fully saturated rings. The Labute approximate surface area is 119 Å². The normalized spacial score (nSPS) is 10.1. The van der Waals surface area contributed by atoms with Gasteiger partial charge in [0.25, 0.3) is 0 Å². The number of carboxylic acids is 1. The van der Waals surface area contributed by atoms with E-state index < -0.39 is 5.97 Å². The molecule has 5 nitrogen and oxygen atoms in total. The number of aliphatic carboxylic acids is 1. The smallest absolute Gasteiger partial charge is 0.321 e. The highest BCUT2D eigenvalue weighted by molar-refractivity contribution is 5.89. The molecule has 0 spiro atoms. The van der Waals surface area contributed by atoms with E-state index in [0.717, 1.165) is 24.9 Å². The first-order valence-corrected chi connectivity index (χ1v) is 6.85. The van der Waals surface area contributed by atoms with Gasteiger partial charge >= 0.3 is 12.0 Å². The lowest BCUT2D eigenvalue weighted by Crippen LogP contribution is -2.32. The van der Waals surface area contributed by atoms with Gasteiger partial charge in [0, 0.05) is 25.7 Å². The lowest BCUT2D eigenvalue weighted by Gasteiger charge is -2.17. The van der Waals surface area contributed by atoms with Crippen LogP contribution in [0.15, 0.2) is 24.3 Å². The van der Waals surface area contributed by atoms with E-state index in [1.54, 1.807) is 18.0 Å². The average molecular weight is 278 g/mol. The molecule has 0 aromatic heterocycles. The number of nitrogens with one attached hydrogen (secondary N) is 1. The van der Waals surface area contributed by atoms with Crippen molar-refractivity contribution in [2.45, 2.75) is 32.6 Å².